The van der Waals surface area contributed by atoms with Gasteiger partial charge in [0.05, 0.1) is 11.3 Å². The molecule has 0 bridgehead atoms. The van der Waals surface area contributed by atoms with Gasteiger partial charge in [0.15, 0.2) is 0 Å². The van der Waals surface area contributed by atoms with E-state index in [-0.39, 0.29) is 30.1 Å². The summed E-state index contributed by atoms with van der Waals surface area (Å²) in [5.41, 5.74) is 1.16. The molecule has 3 N–H and O–H groups in total. The molecule has 0 aliphatic heterocycles. The maximum atomic E-state index is 12.4. The van der Waals surface area contributed by atoms with Crippen LogP contribution in [-0.4, -0.2) is 28.1 Å². The van der Waals surface area contributed by atoms with E-state index in [1.165, 1.54) is 12.1 Å². The Morgan fingerprint density at radius 1 is 0.857 bits per heavy atom. The fourth-order valence-corrected chi connectivity index (χ4v) is 2.42. The van der Waals surface area contributed by atoms with Crippen molar-refractivity contribution in [3.8, 4) is 0 Å². The minimum absolute atomic E-state index is 0.143. The Morgan fingerprint density at radius 2 is 1.50 bits per heavy atom. The molecule has 0 aliphatic carbocycles. The van der Waals surface area contributed by atoms with Gasteiger partial charge in [-0.3, -0.25) is 14.4 Å². The molecule has 3 amide bonds. The van der Waals surface area contributed by atoms with E-state index in [0.29, 0.717) is 6.42 Å². The van der Waals surface area contributed by atoms with E-state index >= 15 is 0 Å². The molecule has 6 nitrogen and oxygen atoms in total. The summed E-state index contributed by atoms with van der Waals surface area (Å²) in [6, 6.07) is 15.4. The highest BCUT2D eigenvalue weighted by atomic mass is 35.6. The van der Waals surface area contributed by atoms with Crippen LogP contribution in [0.1, 0.15) is 23.2 Å². The van der Waals surface area contributed by atoms with Crippen molar-refractivity contribution in [2.75, 3.05) is 17.2 Å². The fraction of sp³-hybridized carbons (Fsp3) is 0.211. The Morgan fingerprint density at radius 3 is 2.18 bits per heavy atom. The Hall–Kier alpha value is -2.28. The van der Waals surface area contributed by atoms with Crippen LogP contribution < -0.4 is 16.0 Å². The number of hydrogen-bond donors (Lipinski definition) is 3. The predicted molar refractivity (Wildman–Crippen MR) is 112 cm³/mol. The second-order valence-electron chi connectivity index (χ2n) is 5.77. The first-order chi connectivity index (χ1) is 13.3. The van der Waals surface area contributed by atoms with Crippen LogP contribution in [0.25, 0.3) is 0 Å². The second-order valence-corrected chi connectivity index (χ2v) is 8.05. The molecule has 0 aromatic heterocycles. The van der Waals surface area contributed by atoms with Crippen LogP contribution in [-0.2, 0) is 9.59 Å². The molecule has 2 aromatic rings. The van der Waals surface area contributed by atoms with Crippen LogP contribution in [0.15, 0.2) is 54.6 Å². The number of alkyl halides is 3. The molecule has 0 atom stereocenters. The fourth-order valence-electron chi connectivity index (χ4n) is 2.27. The van der Waals surface area contributed by atoms with Crippen molar-refractivity contribution in [1.82, 2.24) is 5.32 Å². The molecule has 0 unspecified atom stereocenters. The van der Waals surface area contributed by atoms with E-state index in [4.69, 9.17) is 34.8 Å². The van der Waals surface area contributed by atoms with Gasteiger partial charge in [0.25, 0.3) is 15.6 Å². The standard InChI is InChI=1S/C19H18Cl3N3O3/c20-19(21,22)18(28)25-15-10-5-4-9-14(15)17(27)23-12-6-11-16(26)24-13-7-2-1-3-8-13/h1-5,7-10H,6,11-12H2,(H,23,27)(H,24,26)(H,25,28). The third-order valence-corrected chi connectivity index (χ3v) is 4.12. The van der Waals surface area contributed by atoms with Gasteiger partial charge in [0.2, 0.25) is 5.91 Å². The predicted octanol–water partition coefficient (Wildman–Crippen LogP) is 4.14. The summed E-state index contributed by atoms with van der Waals surface area (Å²) in [4.78, 5) is 36.1. The number of rotatable bonds is 7. The van der Waals surface area contributed by atoms with Crippen LogP contribution in [0, 0.1) is 0 Å². The van der Waals surface area contributed by atoms with Crippen molar-refractivity contribution >= 4 is 63.9 Å². The van der Waals surface area contributed by atoms with Crippen molar-refractivity contribution in [3.63, 3.8) is 0 Å². The molecule has 0 saturated heterocycles. The molecule has 2 rings (SSSR count). The van der Waals surface area contributed by atoms with Crippen LogP contribution in [0.2, 0.25) is 0 Å². The average molecular weight is 443 g/mol. The molecule has 148 valence electrons. The summed E-state index contributed by atoms with van der Waals surface area (Å²) in [6.45, 7) is 0.285. The lowest BCUT2D eigenvalue weighted by atomic mass is 10.1. The van der Waals surface area contributed by atoms with Crippen LogP contribution in [0.4, 0.5) is 11.4 Å². The first-order valence-electron chi connectivity index (χ1n) is 8.37. The third kappa shape index (κ3) is 7.03. The summed E-state index contributed by atoms with van der Waals surface area (Å²) in [5.74, 6) is -1.42. The zero-order valence-electron chi connectivity index (χ0n) is 14.7. The van der Waals surface area contributed by atoms with E-state index in [2.05, 4.69) is 16.0 Å². The summed E-state index contributed by atoms with van der Waals surface area (Å²) in [7, 11) is 0. The van der Waals surface area contributed by atoms with Gasteiger partial charge in [0.1, 0.15) is 0 Å². The molecule has 0 fully saturated rings. The maximum Gasteiger partial charge on any atom is 0.276 e. The van der Waals surface area contributed by atoms with E-state index in [1.807, 2.05) is 18.2 Å². The lowest BCUT2D eigenvalue weighted by Crippen LogP contribution is -2.30. The Kier molecular flexibility index (Phi) is 8.11. The Labute approximate surface area is 177 Å². The quantitative estimate of drug-likeness (QED) is 0.445. The van der Waals surface area contributed by atoms with Crippen molar-refractivity contribution in [1.29, 1.82) is 0 Å². The number of amides is 3. The molecular weight excluding hydrogens is 425 g/mol. The van der Waals surface area contributed by atoms with Crippen LogP contribution >= 0.6 is 34.8 Å². The maximum absolute atomic E-state index is 12.4. The number of carbonyl (C=O) groups is 3. The van der Waals surface area contributed by atoms with Crippen molar-refractivity contribution in [3.05, 3.63) is 60.2 Å². The number of nitrogens with one attached hydrogen (secondary N) is 3. The van der Waals surface area contributed by atoms with Gasteiger partial charge in [-0.05, 0) is 30.7 Å². The lowest BCUT2D eigenvalue weighted by molar-refractivity contribution is -0.116. The average Bonchev–Trinajstić information content (AvgIpc) is 2.65. The monoisotopic (exact) mass is 441 g/mol. The first-order valence-corrected chi connectivity index (χ1v) is 9.51. The summed E-state index contributed by atoms with van der Waals surface area (Å²) >= 11 is 16.6. The number of carbonyl (C=O) groups excluding carboxylic acids is 3. The minimum atomic E-state index is -2.14. The molecule has 2 aromatic carbocycles. The van der Waals surface area contributed by atoms with E-state index < -0.39 is 15.6 Å². The smallest absolute Gasteiger partial charge is 0.276 e. The van der Waals surface area contributed by atoms with Gasteiger partial charge in [-0.2, -0.15) is 0 Å². The largest absolute Gasteiger partial charge is 0.352 e. The lowest BCUT2D eigenvalue weighted by Gasteiger charge is -2.14. The highest BCUT2D eigenvalue weighted by Crippen LogP contribution is 2.28. The van der Waals surface area contributed by atoms with Crippen molar-refractivity contribution in [2.24, 2.45) is 0 Å². The topological polar surface area (TPSA) is 87.3 Å². The number of anilines is 2. The molecular formula is C19H18Cl3N3O3. The summed E-state index contributed by atoms with van der Waals surface area (Å²) in [6.07, 6.45) is 0.702. The zero-order valence-corrected chi connectivity index (χ0v) is 16.9. The van der Waals surface area contributed by atoms with Gasteiger partial charge >= 0.3 is 0 Å². The molecule has 0 spiro atoms. The van der Waals surface area contributed by atoms with E-state index in [1.54, 1.807) is 24.3 Å². The van der Waals surface area contributed by atoms with Gasteiger partial charge in [-0.25, -0.2) is 0 Å². The number of halogens is 3. The SMILES string of the molecule is O=C(CCCNC(=O)c1ccccc1NC(=O)C(Cl)(Cl)Cl)Nc1ccccc1. The third-order valence-electron chi connectivity index (χ3n) is 3.60. The van der Waals surface area contributed by atoms with Crippen LogP contribution in [0.5, 0.6) is 0 Å². The molecule has 0 aliphatic rings. The highest BCUT2D eigenvalue weighted by Gasteiger charge is 2.31. The normalized spacial score (nSPS) is 10.8. The number of hydrogen-bond acceptors (Lipinski definition) is 3. The van der Waals surface area contributed by atoms with Gasteiger partial charge in [0, 0.05) is 18.7 Å². The van der Waals surface area contributed by atoms with Gasteiger partial charge in [-0.15, -0.1) is 0 Å². The number of benzene rings is 2. The molecule has 0 saturated carbocycles. The first kappa shape index (κ1) is 22.0. The van der Waals surface area contributed by atoms with Gasteiger partial charge in [-0.1, -0.05) is 65.1 Å². The second kappa shape index (κ2) is 10.3. The van der Waals surface area contributed by atoms with Crippen molar-refractivity contribution < 1.29 is 14.4 Å². The molecule has 0 radical (unpaired) electrons. The summed E-state index contributed by atoms with van der Waals surface area (Å²) in [5, 5.41) is 7.88. The van der Waals surface area contributed by atoms with E-state index in [9.17, 15) is 14.4 Å². The number of para-hydroxylation sites is 2. The van der Waals surface area contributed by atoms with E-state index in [0.717, 1.165) is 5.69 Å². The molecule has 0 heterocycles. The Bertz CT molecular complexity index is 839. The molecule has 28 heavy (non-hydrogen) atoms. The molecule has 9 heteroatoms. The zero-order chi connectivity index (χ0) is 20.6. The Balaban J connectivity index is 1.83. The van der Waals surface area contributed by atoms with Crippen molar-refractivity contribution in [2.45, 2.75) is 16.6 Å². The van der Waals surface area contributed by atoms with Gasteiger partial charge < -0.3 is 16.0 Å². The highest BCUT2D eigenvalue weighted by molar-refractivity contribution is 6.76. The van der Waals surface area contributed by atoms with Crippen LogP contribution in [0.3, 0.4) is 0 Å². The minimum Gasteiger partial charge on any atom is -0.352 e. The summed E-state index contributed by atoms with van der Waals surface area (Å²) < 4.78 is -2.14.